The Bertz CT molecular complexity index is 579. The van der Waals surface area contributed by atoms with E-state index in [-0.39, 0.29) is 5.78 Å². The molecule has 2 nitrogen and oxygen atoms in total. The predicted octanol–water partition coefficient (Wildman–Crippen LogP) is 3.80. The fourth-order valence-corrected chi connectivity index (χ4v) is 2.91. The molecule has 0 N–H and O–H groups in total. The van der Waals surface area contributed by atoms with Crippen LogP contribution >= 0.6 is 11.3 Å². The molecule has 2 aromatic rings. The largest absolute Gasteiger partial charge is 0.294 e. The molecule has 2 rings (SSSR count). The fourth-order valence-electron chi connectivity index (χ4n) is 1.97. The van der Waals surface area contributed by atoms with Crippen molar-refractivity contribution in [1.82, 2.24) is 4.98 Å². The molecular weight excluding hydrogens is 242 g/mol. The van der Waals surface area contributed by atoms with Crippen LogP contribution in [0.4, 0.5) is 0 Å². The number of aromatic nitrogens is 1. The first-order chi connectivity index (χ1) is 8.47. The number of thiazole rings is 1. The highest BCUT2D eigenvalue weighted by atomic mass is 32.1. The maximum atomic E-state index is 12.2. The summed E-state index contributed by atoms with van der Waals surface area (Å²) in [7, 11) is 0. The van der Waals surface area contributed by atoms with Crippen LogP contribution in [0.15, 0.2) is 18.2 Å². The van der Waals surface area contributed by atoms with E-state index in [0.29, 0.717) is 6.42 Å². The average molecular weight is 259 g/mol. The molecule has 1 heterocycles. The summed E-state index contributed by atoms with van der Waals surface area (Å²) < 4.78 is 0. The molecule has 18 heavy (non-hydrogen) atoms. The van der Waals surface area contributed by atoms with Crippen LogP contribution in [0.25, 0.3) is 0 Å². The Kier molecular flexibility index (Phi) is 3.62. The van der Waals surface area contributed by atoms with Gasteiger partial charge in [-0.1, -0.05) is 23.8 Å². The Morgan fingerprint density at radius 1 is 1.22 bits per heavy atom. The standard InChI is InChI=1S/C15H17NOS/c1-9-5-6-13(10(2)7-9)14(17)8-15-16-11(3)12(4)18-15/h5-7H,8H2,1-4H3. The number of carbonyl (C=O) groups is 1. The third-order valence-electron chi connectivity index (χ3n) is 3.07. The molecule has 0 radical (unpaired) electrons. The zero-order chi connectivity index (χ0) is 13.3. The molecule has 0 aliphatic heterocycles. The Labute approximate surface area is 112 Å². The van der Waals surface area contributed by atoms with E-state index < -0.39 is 0 Å². The van der Waals surface area contributed by atoms with Gasteiger partial charge in [0.1, 0.15) is 5.01 Å². The molecule has 0 unspecified atom stereocenters. The number of aryl methyl sites for hydroxylation is 4. The number of nitrogens with zero attached hydrogens (tertiary/aromatic N) is 1. The molecule has 1 aromatic carbocycles. The number of rotatable bonds is 3. The van der Waals surface area contributed by atoms with Crippen LogP contribution < -0.4 is 0 Å². The fraction of sp³-hybridized carbons (Fsp3) is 0.333. The van der Waals surface area contributed by atoms with Crippen molar-refractivity contribution in [2.45, 2.75) is 34.1 Å². The van der Waals surface area contributed by atoms with Crippen molar-refractivity contribution in [3.63, 3.8) is 0 Å². The van der Waals surface area contributed by atoms with E-state index >= 15 is 0 Å². The van der Waals surface area contributed by atoms with E-state index in [1.54, 1.807) is 11.3 Å². The first-order valence-electron chi connectivity index (χ1n) is 6.00. The summed E-state index contributed by atoms with van der Waals surface area (Å²) in [5.41, 5.74) is 4.07. The van der Waals surface area contributed by atoms with Crippen LogP contribution in [-0.2, 0) is 6.42 Å². The zero-order valence-electron chi connectivity index (χ0n) is 11.2. The van der Waals surface area contributed by atoms with E-state index in [4.69, 9.17) is 0 Å². The van der Waals surface area contributed by atoms with Crippen LogP contribution in [0.2, 0.25) is 0 Å². The first-order valence-corrected chi connectivity index (χ1v) is 6.82. The SMILES string of the molecule is Cc1ccc(C(=O)Cc2nc(C)c(C)s2)c(C)c1. The lowest BCUT2D eigenvalue weighted by Gasteiger charge is -2.04. The van der Waals surface area contributed by atoms with E-state index in [9.17, 15) is 4.79 Å². The summed E-state index contributed by atoms with van der Waals surface area (Å²) in [6.45, 7) is 8.04. The second-order valence-corrected chi connectivity index (χ2v) is 5.96. The molecule has 0 saturated carbocycles. The van der Waals surface area contributed by atoms with Crippen molar-refractivity contribution < 1.29 is 4.79 Å². The second kappa shape index (κ2) is 5.02. The number of hydrogen-bond acceptors (Lipinski definition) is 3. The van der Waals surface area contributed by atoms with Gasteiger partial charge in [-0.15, -0.1) is 11.3 Å². The monoisotopic (exact) mass is 259 g/mol. The van der Waals surface area contributed by atoms with E-state index in [1.165, 1.54) is 10.4 Å². The summed E-state index contributed by atoms with van der Waals surface area (Å²) in [5, 5.41) is 0.912. The molecule has 0 amide bonds. The van der Waals surface area contributed by atoms with Crippen LogP contribution in [0, 0.1) is 27.7 Å². The summed E-state index contributed by atoms with van der Waals surface area (Å²) in [6.07, 6.45) is 0.406. The molecule has 0 bridgehead atoms. The van der Waals surface area contributed by atoms with Crippen LogP contribution in [-0.4, -0.2) is 10.8 Å². The molecule has 0 fully saturated rings. The highest BCUT2D eigenvalue weighted by Crippen LogP contribution is 2.19. The van der Waals surface area contributed by atoms with Crippen LogP contribution in [0.1, 0.15) is 37.1 Å². The summed E-state index contributed by atoms with van der Waals surface area (Å²) in [4.78, 5) is 17.8. The molecule has 0 aliphatic rings. The van der Waals surface area contributed by atoms with Crippen LogP contribution in [0.3, 0.4) is 0 Å². The average Bonchev–Trinajstić information content (AvgIpc) is 2.57. The lowest BCUT2D eigenvalue weighted by molar-refractivity contribution is 0.0992. The number of ketones is 1. The van der Waals surface area contributed by atoms with Gasteiger partial charge in [0.25, 0.3) is 0 Å². The lowest BCUT2D eigenvalue weighted by atomic mass is 10.0. The summed E-state index contributed by atoms with van der Waals surface area (Å²) in [5.74, 6) is 0.154. The molecule has 0 atom stereocenters. The summed E-state index contributed by atoms with van der Waals surface area (Å²) in [6, 6.07) is 5.95. The second-order valence-electron chi connectivity index (χ2n) is 4.67. The third-order valence-corrected chi connectivity index (χ3v) is 4.14. The van der Waals surface area contributed by atoms with Gasteiger partial charge in [0.05, 0.1) is 12.1 Å². The molecule has 1 aromatic heterocycles. The Hall–Kier alpha value is -1.48. The van der Waals surface area contributed by atoms with Gasteiger partial charge in [-0.2, -0.15) is 0 Å². The van der Waals surface area contributed by atoms with Crippen molar-refractivity contribution in [3.8, 4) is 0 Å². The number of carbonyl (C=O) groups excluding carboxylic acids is 1. The van der Waals surface area contributed by atoms with Crippen molar-refractivity contribution in [3.05, 3.63) is 50.5 Å². The molecule has 3 heteroatoms. The highest BCUT2D eigenvalue weighted by Gasteiger charge is 2.13. The van der Waals surface area contributed by atoms with Gasteiger partial charge in [0.15, 0.2) is 5.78 Å². The van der Waals surface area contributed by atoms with E-state index in [0.717, 1.165) is 21.8 Å². The van der Waals surface area contributed by atoms with Gasteiger partial charge in [0.2, 0.25) is 0 Å². The number of Topliss-reactive ketones (excluding diaryl/α,β-unsaturated/α-hetero) is 1. The van der Waals surface area contributed by atoms with Crippen molar-refractivity contribution in [1.29, 1.82) is 0 Å². The normalized spacial score (nSPS) is 10.7. The van der Waals surface area contributed by atoms with Crippen molar-refractivity contribution >= 4 is 17.1 Å². The van der Waals surface area contributed by atoms with Crippen molar-refractivity contribution in [2.75, 3.05) is 0 Å². The minimum Gasteiger partial charge on any atom is -0.294 e. The quantitative estimate of drug-likeness (QED) is 0.785. The van der Waals surface area contributed by atoms with Crippen LogP contribution in [0.5, 0.6) is 0 Å². The third kappa shape index (κ3) is 2.67. The smallest absolute Gasteiger partial charge is 0.169 e. The zero-order valence-corrected chi connectivity index (χ0v) is 12.0. The summed E-state index contributed by atoms with van der Waals surface area (Å²) >= 11 is 1.61. The molecular formula is C15H17NOS. The number of hydrogen-bond donors (Lipinski definition) is 0. The predicted molar refractivity (Wildman–Crippen MR) is 75.5 cm³/mol. The van der Waals surface area contributed by atoms with Crippen molar-refractivity contribution in [2.24, 2.45) is 0 Å². The molecule has 0 aliphatic carbocycles. The van der Waals surface area contributed by atoms with Gasteiger partial charge in [0, 0.05) is 10.4 Å². The Balaban J connectivity index is 2.22. The molecule has 0 saturated heterocycles. The van der Waals surface area contributed by atoms with Gasteiger partial charge < -0.3 is 0 Å². The first kappa shape index (κ1) is 13.0. The van der Waals surface area contributed by atoms with Gasteiger partial charge in [-0.25, -0.2) is 4.98 Å². The van der Waals surface area contributed by atoms with Gasteiger partial charge in [-0.3, -0.25) is 4.79 Å². The van der Waals surface area contributed by atoms with E-state index in [1.807, 2.05) is 45.9 Å². The topological polar surface area (TPSA) is 30.0 Å². The Morgan fingerprint density at radius 3 is 2.50 bits per heavy atom. The number of benzene rings is 1. The van der Waals surface area contributed by atoms with E-state index in [2.05, 4.69) is 4.98 Å². The minimum atomic E-state index is 0.154. The Morgan fingerprint density at radius 2 is 1.94 bits per heavy atom. The van der Waals surface area contributed by atoms with Gasteiger partial charge in [-0.05, 0) is 33.3 Å². The maximum absolute atomic E-state index is 12.2. The lowest BCUT2D eigenvalue weighted by Crippen LogP contribution is -2.05. The minimum absolute atomic E-state index is 0.154. The maximum Gasteiger partial charge on any atom is 0.169 e. The molecule has 94 valence electrons. The van der Waals surface area contributed by atoms with Gasteiger partial charge >= 0.3 is 0 Å². The molecule has 0 spiro atoms. The highest BCUT2D eigenvalue weighted by molar-refractivity contribution is 7.11.